The molecule has 0 aliphatic carbocycles. The zero-order valence-corrected chi connectivity index (χ0v) is 12.0. The number of nitriles is 1. The lowest BCUT2D eigenvalue weighted by atomic mass is 10.2. The van der Waals surface area contributed by atoms with E-state index in [-0.39, 0.29) is 5.69 Å². The SMILES string of the molecule is N#Cc1ccc(NCc2nc(C(=O)O)cs2)cc1Br. The predicted molar refractivity (Wildman–Crippen MR) is 75.3 cm³/mol. The van der Waals surface area contributed by atoms with Crippen LogP contribution in [0.2, 0.25) is 0 Å². The molecule has 0 saturated heterocycles. The third-order valence-corrected chi connectivity index (χ3v) is 3.81. The molecule has 1 aromatic heterocycles. The van der Waals surface area contributed by atoms with Crippen LogP contribution in [0, 0.1) is 11.3 Å². The van der Waals surface area contributed by atoms with E-state index in [9.17, 15) is 4.79 Å². The molecule has 2 aromatic rings. The number of carboxylic acid groups (broad SMARTS) is 1. The molecule has 0 aliphatic rings. The zero-order chi connectivity index (χ0) is 13.8. The second-order valence-corrected chi connectivity index (χ2v) is 5.39. The largest absolute Gasteiger partial charge is 0.476 e. The molecule has 0 aliphatic heterocycles. The number of aromatic nitrogens is 1. The molecule has 0 bridgehead atoms. The normalized spacial score (nSPS) is 9.89. The molecule has 5 nitrogen and oxygen atoms in total. The molecule has 0 radical (unpaired) electrons. The molecule has 1 heterocycles. The van der Waals surface area contributed by atoms with Gasteiger partial charge in [0.25, 0.3) is 0 Å². The first-order chi connectivity index (χ1) is 9.10. The van der Waals surface area contributed by atoms with Crippen molar-refractivity contribution in [2.45, 2.75) is 6.54 Å². The average Bonchev–Trinajstić information content (AvgIpc) is 2.85. The lowest BCUT2D eigenvalue weighted by Gasteiger charge is -2.05. The maximum absolute atomic E-state index is 10.7. The minimum Gasteiger partial charge on any atom is -0.476 e. The van der Waals surface area contributed by atoms with Crippen molar-refractivity contribution >= 4 is 38.9 Å². The summed E-state index contributed by atoms with van der Waals surface area (Å²) in [5.41, 5.74) is 1.45. The number of nitrogens with one attached hydrogen (secondary N) is 1. The number of nitrogens with zero attached hydrogens (tertiary/aromatic N) is 2. The van der Waals surface area contributed by atoms with E-state index in [2.05, 4.69) is 32.3 Å². The quantitative estimate of drug-likeness (QED) is 0.895. The molecule has 0 atom stereocenters. The highest BCUT2D eigenvalue weighted by atomic mass is 79.9. The Balaban J connectivity index is 2.04. The molecule has 19 heavy (non-hydrogen) atoms. The Morgan fingerprint density at radius 3 is 2.95 bits per heavy atom. The molecule has 0 unspecified atom stereocenters. The summed E-state index contributed by atoms with van der Waals surface area (Å²) in [5.74, 6) is -1.02. The van der Waals surface area contributed by atoms with Crippen molar-refractivity contribution in [1.29, 1.82) is 5.26 Å². The molecule has 1 aromatic carbocycles. The standard InChI is InChI=1S/C12H8BrN3O2S/c13-9-3-8(2-1-7(9)4-14)15-5-11-16-10(6-19-11)12(17)18/h1-3,6,15H,5H2,(H,17,18). The predicted octanol–water partition coefficient (Wildman–Crippen LogP) is 3.09. The van der Waals surface area contributed by atoms with Gasteiger partial charge >= 0.3 is 5.97 Å². The van der Waals surface area contributed by atoms with Gasteiger partial charge < -0.3 is 10.4 Å². The van der Waals surface area contributed by atoms with E-state index >= 15 is 0 Å². The van der Waals surface area contributed by atoms with E-state index in [1.54, 1.807) is 18.2 Å². The topological polar surface area (TPSA) is 86.0 Å². The van der Waals surface area contributed by atoms with Crippen LogP contribution >= 0.6 is 27.3 Å². The zero-order valence-electron chi connectivity index (χ0n) is 9.55. The number of carbonyl (C=O) groups is 1. The van der Waals surface area contributed by atoms with Gasteiger partial charge in [0, 0.05) is 15.5 Å². The Labute approximate surface area is 121 Å². The summed E-state index contributed by atoms with van der Waals surface area (Å²) in [7, 11) is 0. The molecule has 0 saturated carbocycles. The van der Waals surface area contributed by atoms with Crippen LogP contribution in [0.15, 0.2) is 28.1 Å². The first-order valence-electron chi connectivity index (χ1n) is 5.21. The van der Waals surface area contributed by atoms with Gasteiger partial charge in [-0.15, -0.1) is 11.3 Å². The number of thiazole rings is 1. The molecular weight excluding hydrogens is 330 g/mol. The first-order valence-corrected chi connectivity index (χ1v) is 6.88. The van der Waals surface area contributed by atoms with Gasteiger partial charge in [-0.3, -0.25) is 0 Å². The van der Waals surface area contributed by atoms with Crippen molar-refractivity contribution in [3.63, 3.8) is 0 Å². The molecule has 2 N–H and O–H groups in total. The molecule has 96 valence electrons. The van der Waals surface area contributed by atoms with Crippen LogP contribution in [0.25, 0.3) is 0 Å². The van der Waals surface area contributed by atoms with Gasteiger partial charge in [0.1, 0.15) is 11.1 Å². The summed E-state index contributed by atoms with van der Waals surface area (Å²) in [6.07, 6.45) is 0. The van der Waals surface area contributed by atoms with Crippen molar-refractivity contribution in [2.75, 3.05) is 5.32 Å². The number of rotatable bonds is 4. The van der Waals surface area contributed by atoms with Crippen molar-refractivity contribution in [3.8, 4) is 6.07 Å². The summed E-state index contributed by atoms with van der Waals surface area (Å²) in [4.78, 5) is 14.7. The van der Waals surface area contributed by atoms with Crippen LogP contribution in [-0.2, 0) is 6.54 Å². The van der Waals surface area contributed by atoms with Crippen molar-refractivity contribution in [2.24, 2.45) is 0 Å². The molecule has 2 rings (SSSR count). The highest BCUT2D eigenvalue weighted by molar-refractivity contribution is 9.10. The molecular formula is C12H8BrN3O2S. The maximum Gasteiger partial charge on any atom is 0.355 e. The van der Waals surface area contributed by atoms with Gasteiger partial charge in [-0.05, 0) is 34.1 Å². The number of anilines is 1. The number of hydrogen-bond acceptors (Lipinski definition) is 5. The van der Waals surface area contributed by atoms with E-state index in [1.807, 2.05) is 0 Å². The number of carboxylic acids is 1. The van der Waals surface area contributed by atoms with E-state index in [4.69, 9.17) is 10.4 Å². The fraction of sp³-hybridized carbons (Fsp3) is 0.0833. The van der Waals surface area contributed by atoms with Crippen molar-refractivity contribution < 1.29 is 9.90 Å². The number of hydrogen-bond donors (Lipinski definition) is 2. The van der Waals surface area contributed by atoms with Crippen LogP contribution in [0.1, 0.15) is 21.1 Å². The summed E-state index contributed by atoms with van der Waals surface area (Å²) in [6.45, 7) is 0.441. The Hall–Kier alpha value is -1.91. The summed E-state index contributed by atoms with van der Waals surface area (Å²) in [6, 6.07) is 7.35. The average molecular weight is 338 g/mol. The highest BCUT2D eigenvalue weighted by Crippen LogP contribution is 2.21. The summed E-state index contributed by atoms with van der Waals surface area (Å²) < 4.78 is 0.713. The monoisotopic (exact) mass is 337 g/mol. The van der Waals surface area contributed by atoms with E-state index in [1.165, 1.54) is 16.7 Å². The number of halogens is 1. The fourth-order valence-electron chi connectivity index (χ4n) is 1.38. The van der Waals surface area contributed by atoms with Gasteiger partial charge in [0.15, 0.2) is 5.69 Å². The van der Waals surface area contributed by atoms with Gasteiger partial charge in [-0.2, -0.15) is 5.26 Å². The van der Waals surface area contributed by atoms with Gasteiger partial charge in [0.2, 0.25) is 0 Å². The van der Waals surface area contributed by atoms with Crippen LogP contribution in [0.4, 0.5) is 5.69 Å². The summed E-state index contributed by atoms with van der Waals surface area (Å²) in [5, 5.41) is 22.9. The maximum atomic E-state index is 10.7. The molecule has 0 amide bonds. The number of benzene rings is 1. The molecule has 7 heteroatoms. The summed E-state index contributed by atoms with van der Waals surface area (Å²) >= 11 is 4.59. The van der Waals surface area contributed by atoms with Crippen LogP contribution in [-0.4, -0.2) is 16.1 Å². The van der Waals surface area contributed by atoms with Crippen molar-refractivity contribution in [3.05, 3.63) is 44.3 Å². The fourth-order valence-corrected chi connectivity index (χ4v) is 2.56. The Morgan fingerprint density at radius 1 is 1.58 bits per heavy atom. The van der Waals surface area contributed by atoms with Crippen LogP contribution < -0.4 is 5.32 Å². The molecule has 0 spiro atoms. The minimum atomic E-state index is -1.02. The lowest BCUT2D eigenvalue weighted by Crippen LogP contribution is -2.01. The Bertz CT molecular complexity index is 663. The third kappa shape index (κ3) is 3.30. The van der Waals surface area contributed by atoms with E-state index in [0.717, 1.165) is 5.69 Å². The first kappa shape index (κ1) is 13.5. The second-order valence-electron chi connectivity index (χ2n) is 3.59. The number of aromatic carboxylic acids is 1. The minimum absolute atomic E-state index is 0.0582. The van der Waals surface area contributed by atoms with Crippen LogP contribution in [0.3, 0.4) is 0 Å². The van der Waals surface area contributed by atoms with Crippen LogP contribution in [0.5, 0.6) is 0 Å². The van der Waals surface area contributed by atoms with Crippen molar-refractivity contribution in [1.82, 2.24) is 4.98 Å². The second kappa shape index (κ2) is 5.82. The van der Waals surface area contributed by atoms with E-state index in [0.29, 0.717) is 21.6 Å². The van der Waals surface area contributed by atoms with Gasteiger partial charge in [-0.25, -0.2) is 9.78 Å². The smallest absolute Gasteiger partial charge is 0.355 e. The van der Waals surface area contributed by atoms with Gasteiger partial charge in [0.05, 0.1) is 12.1 Å². The Morgan fingerprint density at radius 2 is 2.37 bits per heavy atom. The molecule has 0 fully saturated rings. The Kier molecular flexibility index (Phi) is 4.14. The lowest BCUT2D eigenvalue weighted by molar-refractivity contribution is 0.0691. The third-order valence-electron chi connectivity index (χ3n) is 2.30. The van der Waals surface area contributed by atoms with E-state index < -0.39 is 5.97 Å². The highest BCUT2D eigenvalue weighted by Gasteiger charge is 2.08. The van der Waals surface area contributed by atoms with Gasteiger partial charge in [-0.1, -0.05) is 0 Å².